The van der Waals surface area contributed by atoms with E-state index < -0.39 is 0 Å². The predicted octanol–water partition coefficient (Wildman–Crippen LogP) is -0.0117. The van der Waals surface area contributed by atoms with Gasteiger partial charge in [-0.25, -0.2) is 0 Å². The Morgan fingerprint density at radius 1 is 1.78 bits per heavy atom. The molecular formula is C6H10BNO. The highest BCUT2D eigenvalue weighted by Gasteiger charge is 2.30. The molecule has 0 aromatic heterocycles. The second kappa shape index (κ2) is 2.07. The largest absolute Gasteiger partial charge is 0.503 e. The molecule has 0 amide bonds. The Hall–Kier alpha value is -0.435. The van der Waals surface area contributed by atoms with Crippen LogP contribution in [0.15, 0.2) is 12.3 Å². The van der Waals surface area contributed by atoms with Crippen molar-refractivity contribution in [2.24, 2.45) is 11.7 Å². The third-order valence-electron chi connectivity index (χ3n) is 1.74. The molecule has 48 valence electrons. The maximum Gasteiger partial charge on any atom is 0.127 e. The van der Waals surface area contributed by atoms with Gasteiger partial charge in [-0.15, -0.1) is 0 Å². The standard InChI is InChI=1S/C6H10BNO/c1-3-5(8)4(2)9-6(3)7/h3,5-6H,2,8H2,1H3. The first-order valence-electron chi connectivity index (χ1n) is 2.99. The Balaban J connectivity index is 2.65. The van der Waals surface area contributed by atoms with E-state index in [1.165, 1.54) is 0 Å². The summed E-state index contributed by atoms with van der Waals surface area (Å²) in [6.07, 6.45) is 0. The molecule has 1 rings (SSSR count). The van der Waals surface area contributed by atoms with Gasteiger partial charge in [0.2, 0.25) is 0 Å². The van der Waals surface area contributed by atoms with Crippen LogP contribution in [0.3, 0.4) is 0 Å². The van der Waals surface area contributed by atoms with Gasteiger partial charge in [0.15, 0.2) is 0 Å². The van der Waals surface area contributed by atoms with Crippen molar-refractivity contribution in [3.8, 4) is 0 Å². The van der Waals surface area contributed by atoms with Crippen LogP contribution in [0, 0.1) is 5.92 Å². The lowest BCUT2D eigenvalue weighted by atomic mass is 9.86. The summed E-state index contributed by atoms with van der Waals surface area (Å²) < 4.78 is 5.04. The molecule has 1 fully saturated rings. The zero-order valence-electron chi connectivity index (χ0n) is 5.50. The Morgan fingerprint density at radius 3 is 2.44 bits per heavy atom. The molecule has 0 saturated carbocycles. The van der Waals surface area contributed by atoms with Crippen molar-refractivity contribution in [1.29, 1.82) is 0 Å². The summed E-state index contributed by atoms with van der Waals surface area (Å²) in [7, 11) is 5.50. The molecule has 9 heavy (non-hydrogen) atoms. The SMILES string of the molecule is [B]C1OC(=C)C(N)C1C. The van der Waals surface area contributed by atoms with Gasteiger partial charge < -0.3 is 10.5 Å². The summed E-state index contributed by atoms with van der Waals surface area (Å²) in [6.45, 7) is 5.56. The molecule has 3 heteroatoms. The monoisotopic (exact) mass is 123 g/mol. The van der Waals surface area contributed by atoms with Crippen LogP contribution in [-0.4, -0.2) is 19.9 Å². The quantitative estimate of drug-likeness (QED) is 0.459. The van der Waals surface area contributed by atoms with Crippen LogP contribution in [0.2, 0.25) is 0 Å². The minimum Gasteiger partial charge on any atom is -0.503 e. The Labute approximate surface area is 56.5 Å². The van der Waals surface area contributed by atoms with Crippen molar-refractivity contribution < 1.29 is 4.74 Å². The van der Waals surface area contributed by atoms with E-state index in [9.17, 15) is 0 Å². The van der Waals surface area contributed by atoms with Crippen molar-refractivity contribution in [3.63, 3.8) is 0 Å². The Bertz CT molecular complexity index is 137. The van der Waals surface area contributed by atoms with Gasteiger partial charge in [-0.3, -0.25) is 0 Å². The average molecular weight is 123 g/mol. The number of hydrogen-bond acceptors (Lipinski definition) is 2. The molecule has 3 atom stereocenters. The molecule has 2 radical (unpaired) electrons. The van der Waals surface area contributed by atoms with Gasteiger partial charge in [0.05, 0.1) is 12.0 Å². The molecule has 2 nitrogen and oxygen atoms in total. The second-order valence-corrected chi connectivity index (χ2v) is 2.43. The van der Waals surface area contributed by atoms with Crippen LogP contribution in [0.5, 0.6) is 0 Å². The van der Waals surface area contributed by atoms with Crippen LogP contribution in [0.1, 0.15) is 6.92 Å². The highest BCUT2D eigenvalue weighted by Crippen LogP contribution is 2.24. The molecule has 0 aromatic carbocycles. The number of ether oxygens (including phenoxy) is 1. The van der Waals surface area contributed by atoms with Gasteiger partial charge >= 0.3 is 0 Å². The van der Waals surface area contributed by atoms with Gasteiger partial charge in [-0.2, -0.15) is 0 Å². The molecule has 1 aliphatic heterocycles. The van der Waals surface area contributed by atoms with Gasteiger partial charge in [0.25, 0.3) is 0 Å². The maximum absolute atomic E-state index is 5.61. The minimum atomic E-state index is -0.257. The van der Waals surface area contributed by atoms with Crippen molar-refractivity contribution in [1.82, 2.24) is 0 Å². The number of nitrogens with two attached hydrogens (primary N) is 1. The van der Waals surface area contributed by atoms with Crippen molar-refractivity contribution in [3.05, 3.63) is 12.3 Å². The molecule has 1 saturated heterocycles. The van der Waals surface area contributed by atoms with Crippen LogP contribution in [-0.2, 0) is 4.74 Å². The first-order chi connectivity index (χ1) is 4.13. The molecule has 0 aromatic rings. The summed E-state index contributed by atoms with van der Waals surface area (Å²) in [6, 6.07) is -0.340. The van der Waals surface area contributed by atoms with E-state index in [2.05, 4.69) is 6.58 Å². The lowest BCUT2D eigenvalue weighted by molar-refractivity contribution is 0.208. The van der Waals surface area contributed by atoms with Crippen LogP contribution >= 0.6 is 0 Å². The van der Waals surface area contributed by atoms with E-state index in [1.54, 1.807) is 0 Å². The lowest BCUT2D eigenvalue weighted by Gasteiger charge is -2.08. The van der Waals surface area contributed by atoms with Gasteiger partial charge in [0, 0.05) is 5.92 Å². The van der Waals surface area contributed by atoms with Gasteiger partial charge in [-0.1, -0.05) is 13.5 Å². The summed E-state index contributed by atoms with van der Waals surface area (Å²) in [4.78, 5) is 0. The zero-order chi connectivity index (χ0) is 7.02. The van der Waals surface area contributed by atoms with Gasteiger partial charge in [-0.05, 0) is 0 Å². The average Bonchev–Trinajstić information content (AvgIpc) is 1.98. The molecule has 2 N–H and O–H groups in total. The van der Waals surface area contributed by atoms with Crippen LogP contribution < -0.4 is 5.73 Å². The van der Waals surface area contributed by atoms with E-state index in [0.717, 1.165) is 0 Å². The van der Waals surface area contributed by atoms with E-state index in [1.807, 2.05) is 6.92 Å². The highest BCUT2D eigenvalue weighted by molar-refractivity contribution is 6.11. The summed E-state index contributed by atoms with van der Waals surface area (Å²) in [5.74, 6) is 0.799. The third kappa shape index (κ3) is 0.967. The molecule has 0 aliphatic carbocycles. The van der Waals surface area contributed by atoms with Crippen molar-refractivity contribution >= 4 is 7.85 Å². The zero-order valence-corrected chi connectivity index (χ0v) is 5.50. The summed E-state index contributed by atoms with van der Waals surface area (Å²) >= 11 is 0. The molecule has 3 unspecified atom stereocenters. The van der Waals surface area contributed by atoms with E-state index >= 15 is 0 Å². The first kappa shape index (κ1) is 6.68. The van der Waals surface area contributed by atoms with Crippen molar-refractivity contribution in [2.45, 2.75) is 19.0 Å². The van der Waals surface area contributed by atoms with E-state index in [-0.39, 0.29) is 18.0 Å². The fourth-order valence-electron chi connectivity index (χ4n) is 0.858. The van der Waals surface area contributed by atoms with E-state index in [0.29, 0.717) is 5.76 Å². The van der Waals surface area contributed by atoms with E-state index in [4.69, 9.17) is 18.3 Å². The topological polar surface area (TPSA) is 35.2 Å². The van der Waals surface area contributed by atoms with Crippen LogP contribution in [0.4, 0.5) is 0 Å². The molecule has 0 bridgehead atoms. The maximum atomic E-state index is 5.61. The molecule has 0 spiro atoms. The third-order valence-corrected chi connectivity index (χ3v) is 1.74. The van der Waals surface area contributed by atoms with Crippen molar-refractivity contribution in [2.75, 3.05) is 0 Å². The summed E-state index contributed by atoms with van der Waals surface area (Å²) in [5.41, 5.74) is 5.61. The Morgan fingerprint density at radius 2 is 2.33 bits per heavy atom. The number of hydrogen-bond donors (Lipinski definition) is 1. The lowest BCUT2D eigenvalue weighted by Crippen LogP contribution is -2.28. The molecule has 1 aliphatic rings. The molecule has 1 heterocycles. The normalized spacial score (nSPS) is 42.9. The van der Waals surface area contributed by atoms with Gasteiger partial charge in [0.1, 0.15) is 13.6 Å². The first-order valence-corrected chi connectivity index (χ1v) is 2.99. The minimum absolute atomic E-state index is 0.0833. The number of rotatable bonds is 0. The predicted molar refractivity (Wildman–Crippen MR) is 36.9 cm³/mol. The fraction of sp³-hybridized carbons (Fsp3) is 0.667. The Kier molecular flexibility index (Phi) is 1.53. The highest BCUT2D eigenvalue weighted by atomic mass is 16.5. The summed E-state index contributed by atoms with van der Waals surface area (Å²) in [5, 5.41) is 0. The second-order valence-electron chi connectivity index (χ2n) is 2.43. The fourth-order valence-corrected chi connectivity index (χ4v) is 0.858. The van der Waals surface area contributed by atoms with Crippen LogP contribution in [0.25, 0.3) is 0 Å². The molecular weight excluding hydrogens is 113 g/mol. The smallest absolute Gasteiger partial charge is 0.127 e.